The van der Waals surface area contributed by atoms with Crippen LogP contribution in [0.1, 0.15) is 23.0 Å². The summed E-state index contributed by atoms with van der Waals surface area (Å²) in [6.45, 7) is 1.60. The summed E-state index contributed by atoms with van der Waals surface area (Å²) in [5.74, 6) is -0.716. The zero-order chi connectivity index (χ0) is 19.3. The number of amides is 1. The maximum Gasteiger partial charge on any atom is 0.338 e. The smallest absolute Gasteiger partial charge is 0.338 e. The molecule has 1 atom stereocenters. The van der Waals surface area contributed by atoms with Crippen molar-refractivity contribution in [3.05, 3.63) is 54.0 Å². The van der Waals surface area contributed by atoms with Crippen molar-refractivity contribution in [2.75, 3.05) is 14.1 Å². The van der Waals surface area contributed by atoms with Crippen molar-refractivity contribution in [3.63, 3.8) is 0 Å². The van der Waals surface area contributed by atoms with Crippen molar-refractivity contribution < 1.29 is 27.2 Å². The molecule has 0 unspecified atom stereocenters. The molecule has 0 aliphatic heterocycles. The molecule has 8 nitrogen and oxygen atoms in total. The van der Waals surface area contributed by atoms with Gasteiger partial charge < -0.3 is 14.5 Å². The van der Waals surface area contributed by atoms with Crippen molar-refractivity contribution in [1.29, 1.82) is 0 Å². The largest absolute Gasteiger partial charge is 0.467 e. The van der Waals surface area contributed by atoms with Gasteiger partial charge in [0.2, 0.25) is 10.0 Å². The highest BCUT2D eigenvalue weighted by molar-refractivity contribution is 7.89. The fourth-order valence-corrected chi connectivity index (χ4v) is 2.96. The molecule has 0 saturated heterocycles. The third-order valence-corrected chi connectivity index (χ3v) is 5.33. The van der Waals surface area contributed by atoms with Gasteiger partial charge in [0.1, 0.15) is 5.76 Å². The van der Waals surface area contributed by atoms with Gasteiger partial charge >= 0.3 is 5.97 Å². The molecule has 0 radical (unpaired) electrons. The topological polar surface area (TPSA) is 106 Å². The number of rotatable bonds is 7. The van der Waals surface area contributed by atoms with E-state index in [1.54, 1.807) is 12.1 Å². The highest BCUT2D eigenvalue weighted by atomic mass is 32.2. The molecule has 26 heavy (non-hydrogen) atoms. The van der Waals surface area contributed by atoms with Crippen LogP contribution < -0.4 is 5.32 Å². The Kier molecular flexibility index (Phi) is 6.17. The number of benzene rings is 1. The highest BCUT2D eigenvalue weighted by Gasteiger charge is 2.22. The number of carbonyl (C=O) groups is 2. The Morgan fingerprint density at radius 3 is 2.58 bits per heavy atom. The second kappa shape index (κ2) is 8.15. The van der Waals surface area contributed by atoms with Crippen molar-refractivity contribution in [1.82, 2.24) is 9.62 Å². The molecule has 140 valence electrons. The molecule has 0 saturated carbocycles. The average molecular weight is 380 g/mol. The molecule has 9 heteroatoms. The number of sulfonamides is 1. The molecule has 1 N–H and O–H groups in total. The van der Waals surface area contributed by atoms with Crippen LogP contribution >= 0.6 is 0 Å². The van der Waals surface area contributed by atoms with Crippen LogP contribution in [0.2, 0.25) is 0 Å². The van der Waals surface area contributed by atoms with Crippen LogP contribution in [-0.4, -0.2) is 44.8 Å². The molecule has 0 spiro atoms. The Morgan fingerprint density at radius 2 is 1.96 bits per heavy atom. The Balaban J connectivity index is 2.01. The zero-order valence-corrected chi connectivity index (χ0v) is 15.4. The van der Waals surface area contributed by atoms with Crippen LogP contribution in [0.25, 0.3) is 0 Å². The van der Waals surface area contributed by atoms with E-state index in [0.29, 0.717) is 5.76 Å². The van der Waals surface area contributed by atoms with Gasteiger partial charge in [0, 0.05) is 14.1 Å². The molecule has 1 aromatic heterocycles. The monoisotopic (exact) mass is 380 g/mol. The molecule has 1 amide bonds. The summed E-state index contributed by atoms with van der Waals surface area (Å²) in [6.07, 6.45) is 0.436. The lowest BCUT2D eigenvalue weighted by Crippen LogP contribution is -2.35. The fraction of sp³-hybridized carbons (Fsp3) is 0.294. The minimum absolute atomic E-state index is 0.0353. The van der Waals surface area contributed by atoms with Crippen LogP contribution in [-0.2, 0) is 26.1 Å². The number of nitrogens with one attached hydrogen (secondary N) is 1. The van der Waals surface area contributed by atoms with Crippen molar-refractivity contribution in [2.24, 2.45) is 0 Å². The molecular weight excluding hydrogens is 360 g/mol. The Labute approximate surface area is 151 Å². The van der Waals surface area contributed by atoms with E-state index in [9.17, 15) is 18.0 Å². The normalized spacial score (nSPS) is 12.6. The van der Waals surface area contributed by atoms with Crippen LogP contribution in [0.3, 0.4) is 0 Å². The van der Waals surface area contributed by atoms with Crippen LogP contribution in [0.15, 0.2) is 52.0 Å². The summed E-state index contributed by atoms with van der Waals surface area (Å²) in [4.78, 5) is 24.2. The van der Waals surface area contributed by atoms with Gasteiger partial charge in [-0.3, -0.25) is 4.79 Å². The zero-order valence-electron chi connectivity index (χ0n) is 14.6. The van der Waals surface area contributed by atoms with E-state index in [-0.39, 0.29) is 17.0 Å². The molecule has 0 aliphatic carbocycles. The maximum atomic E-state index is 12.2. The maximum absolute atomic E-state index is 12.2. The van der Waals surface area contributed by atoms with Gasteiger partial charge in [0.05, 0.1) is 23.3 Å². The number of hydrogen-bond acceptors (Lipinski definition) is 6. The van der Waals surface area contributed by atoms with E-state index in [4.69, 9.17) is 9.15 Å². The Morgan fingerprint density at radius 1 is 1.23 bits per heavy atom. The van der Waals surface area contributed by atoms with Gasteiger partial charge in [0.25, 0.3) is 5.91 Å². The Hall–Kier alpha value is -2.65. The molecule has 0 bridgehead atoms. The fourth-order valence-electron chi connectivity index (χ4n) is 2.01. The number of nitrogens with zero attached hydrogens (tertiary/aromatic N) is 1. The van der Waals surface area contributed by atoms with Crippen LogP contribution in [0, 0.1) is 0 Å². The summed E-state index contributed by atoms with van der Waals surface area (Å²) < 4.78 is 35.5. The highest BCUT2D eigenvalue weighted by Crippen LogP contribution is 2.16. The molecule has 0 aliphatic rings. The third-order valence-electron chi connectivity index (χ3n) is 3.52. The van der Waals surface area contributed by atoms with E-state index in [1.807, 2.05) is 0 Å². The number of hydrogen-bond donors (Lipinski definition) is 1. The van der Waals surface area contributed by atoms with Gasteiger partial charge in [-0.2, -0.15) is 0 Å². The first kappa shape index (κ1) is 19.7. The Bertz CT molecular complexity index is 874. The summed E-state index contributed by atoms with van der Waals surface area (Å²) >= 11 is 0. The SMILES string of the molecule is C[C@@H](OC(=O)c1cccc(S(=O)(=O)N(C)C)c1)C(=O)NCc1ccco1. The van der Waals surface area contributed by atoms with Crippen molar-refractivity contribution in [3.8, 4) is 0 Å². The lowest BCUT2D eigenvalue weighted by atomic mass is 10.2. The van der Waals surface area contributed by atoms with Crippen LogP contribution in [0.5, 0.6) is 0 Å². The van der Waals surface area contributed by atoms with Gasteiger partial charge in [-0.05, 0) is 37.3 Å². The van der Waals surface area contributed by atoms with Gasteiger partial charge in [-0.1, -0.05) is 6.07 Å². The van der Waals surface area contributed by atoms with Gasteiger partial charge in [0.15, 0.2) is 6.10 Å². The summed E-state index contributed by atoms with van der Waals surface area (Å²) in [5, 5.41) is 2.58. The van der Waals surface area contributed by atoms with E-state index in [1.165, 1.54) is 51.5 Å². The summed E-state index contributed by atoms with van der Waals surface area (Å²) in [5.41, 5.74) is 0.0404. The van der Waals surface area contributed by atoms with E-state index in [0.717, 1.165) is 4.31 Å². The van der Waals surface area contributed by atoms with Crippen molar-refractivity contribution in [2.45, 2.75) is 24.5 Å². The van der Waals surface area contributed by atoms with E-state index >= 15 is 0 Å². The standard InChI is InChI=1S/C17H20N2O6S/c1-12(16(20)18-11-14-7-5-9-24-14)25-17(21)13-6-4-8-15(10-13)26(22,23)19(2)3/h4-10,12H,11H2,1-3H3,(H,18,20)/t12-/m1/s1. The number of furan rings is 1. The second-order valence-corrected chi connectivity index (χ2v) is 7.81. The lowest BCUT2D eigenvalue weighted by Gasteiger charge is -2.14. The third kappa shape index (κ3) is 4.70. The quantitative estimate of drug-likeness (QED) is 0.728. The molecule has 1 aromatic carbocycles. The summed E-state index contributed by atoms with van der Waals surface area (Å²) in [6, 6.07) is 8.85. The molecule has 1 heterocycles. The minimum Gasteiger partial charge on any atom is -0.467 e. The molecule has 0 fully saturated rings. The minimum atomic E-state index is -3.68. The molecule has 2 rings (SSSR count). The predicted octanol–water partition coefficient (Wildman–Crippen LogP) is 1.39. The first-order valence-corrected chi connectivity index (χ1v) is 9.19. The predicted molar refractivity (Wildman–Crippen MR) is 92.7 cm³/mol. The molecular formula is C17H20N2O6S. The second-order valence-electron chi connectivity index (χ2n) is 5.66. The van der Waals surface area contributed by atoms with Gasteiger partial charge in [-0.15, -0.1) is 0 Å². The number of ether oxygens (including phenoxy) is 1. The molecule has 2 aromatic rings. The first-order valence-electron chi connectivity index (χ1n) is 7.75. The number of carbonyl (C=O) groups excluding carboxylic acids is 2. The van der Waals surface area contributed by atoms with Crippen molar-refractivity contribution >= 4 is 21.9 Å². The van der Waals surface area contributed by atoms with E-state index in [2.05, 4.69) is 5.32 Å². The number of esters is 1. The van der Waals surface area contributed by atoms with E-state index < -0.39 is 28.0 Å². The van der Waals surface area contributed by atoms with Crippen LogP contribution in [0.4, 0.5) is 0 Å². The lowest BCUT2D eigenvalue weighted by molar-refractivity contribution is -0.129. The first-order chi connectivity index (χ1) is 12.2. The summed E-state index contributed by atoms with van der Waals surface area (Å²) in [7, 11) is -0.886. The van der Waals surface area contributed by atoms with Gasteiger partial charge in [-0.25, -0.2) is 17.5 Å². The average Bonchev–Trinajstić information content (AvgIpc) is 3.13.